The average Bonchev–Trinajstić information content (AvgIpc) is 2.46. The van der Waals surface area contributed by atoms with E-state index in [1.54, 1.807) is 0 Å². The Labute approximate surface area is 117 Å². The van der Waals surface area contributed by atoms with E-state index in [2.05, 4.69) is 67.6 Å². The summed E-state index contributed by atoms with van der Waals surface area (Å²) in [5, 5.41) is 0. The van der Waals surface area contributed by atoms with Gasteiger partial charge in [0, 0.05) is 0 Å². The molecule has 0 aromatic heterocycles. The van der Waals surface area contributed by atoms with Crippen molar-refractivity contribution < 1.29 is 0 Å². The molecule has 0 aliphatic heterocycles. The molecule has 0 saturated heterocycles. The molecule has 0 bridgehead atoms. The van der Waals surface area contributed by atoms with Gasteiger partial charge in [0.2, 0.25) is 0 Å². The summed E-state index contributed by atoms with van der Waals surface area (Å²) in [5.41, 5.74) is 2.94. The van der Waals surface area contributed by atoms with E-state index in [-0.39, 0.29) is 0 Å². The molecule has 0 N–H and O–H groups in total. The Morgan fingerprint density at radius 2 is 1.32 bits per heavy atom. The van der Waals surface area contributed by atoms with E-state index in [0.29, 0.717) is 0 Å². The molecule has 0 saturated carbocycles. The first-order valence-electron chi connectivity index (χ1n) is 7.42. The Balaban J connectivity index is 1.63. The summed E-state index contributed by atoms with van der Waals surface area (Å²) in [7, 11) is 0. The van der Waals surface area contributed by atoms with E-state index in [4.69, 9.17) is 0 Å². The highest BCUT2D eigenvalue weighted by Crippen LogP contribution is 2.15. The maximum atomic E-state index is 2.37. The molecule has 0 heteroatoms. The van der Waals surface area contributed by atoms with Gasteiger partial charge in [-0.25, -0.2) is 0 Å². The van der Waals surface area contributed by atoms with E-state index in [9.17, 15) is 0 Å². The topological polar surface area (TPSA) is 0 Å². The summed E-state index contributed by atoms with van der Waals surface area (Å²) in [4.78, 5) is 0. The number of rotatable bonds is 7. The lowest BCUT2D eigenvalue weighted by Gasteiger charge is -2.11. The molecular formula is C19H24. The van der Waals surface area contributed by atoms with Crippen LogP contribution in [0.1, 0.15) is 37.3 Å². The predicted molar refractivity (Wildman–Crippen MR) is 83.3 cm³/mol. The van der Waals surface area contributed by atoms with Crippen LogP contribution >= 0.6 is 0 Å². The Morgan fingerprint density at radius 1 is 0.737 bits per heavy atom. The lowest BCUT2D eigenvalue weighted by Crippen LogP contribution is -2.00. The monoisotopic (exact) mass is 252 g/mol. The Kier molecular flexibility index (Phi) is 5.68. The third-order valence-electron chi connectivity index (χ3n) is 3.68. The molecule has 0 nitrogen and oxygen atoms in total. The van der Waals surface area contributed by atoms with Crippen LogP contribution in [0.5, 0.6) is 0 Å². The Bertz CT molecular complexity index is 444. The molecule has 0 aliphatic rings. The van der Waals surface area contributed by atoms with Gasteiger partial charge in [0.25, 0.3) is 0 Å². The van der Waals surface area contributed by atoms with Crippen LogP contribution in [0, 0.1) is 5.92 Å². The first kappa shape index (κ1) is 13.9. The van der Waals surface area contributed by atoms with Crippen LogP contribution in [-0.4, -0.2) is 0 Å². The molecule has 2 aromatic carbocycles. The lowest BCUT2D eigenvalue weighted by molar-refractivity contribution is 0.495. The molecule has 2 rings (SSSR count). The second kappa shape index (κ2) is 7.78. The fraction of sp³-hybridized carbons (Fsp3) is 0.368. The van der Waals surface area contributed by atoms with Crippen molar-refractivity contribution in [3.63, 3.8) is 0 Å². The summed E-state index contributed by atoms with van der Waals surface area (Å²) in [6.07, 6.45) is 6.42. The van der Waals surface area contributed by atoms with Gasteiger partial charge in [-0.2, -0.15) is 0 Å². The molecule has 0 heterocycles. The number of aryl methyl sites for hydroxylation is 1. The van der Waals surface area contributed by atoms with Crippen molar-refractivity contribution in [2.45, 2.75) is 39.0 Å². The maximum Gasteiger partial charge on any atom is -0.0253 e. The normalized spacial score (nSPS) is 12.3. The SMILES string of the molecule is C[C@@H](CCCCc1ccccc1)Cc1ccccc1. The van der Waals surface area contributed by atoms with Crippen LogP contribution in [-0.2, 0) is 12.8 Å². The van der Waals surface area contributed by atoms with Gasteiger partial charge in [-0.15, -0.1) is 0 Å². The van der Waals surface area contributed by atoms with Crippen LogP contribution < -0.4 is 0 Å². The van der Waals surface area contributed by atoms with Crippen LogP contribution in [0.2, 0.25) is 0 Å². The fourth-order valence-corrected chi connectivity index (χ4v) is 2.59. The van der Waals surface area contributed by atoms with Gasteiger partial charge in [0.1, 0.15) is 0 Å². The average molecular weight is 252 g/mol. The van der Waals surface area contributed by atoms with E-state index in [0.717, 1.165) is 5.92 Å². The molecular weight excluding hydrogens is 228 g/mol. The van der Waals surface area contributed by atoms with Crippen molar-refractivity contribution in [2.75, 3.05) is 0 Å². The fourth-order valence-electron chi connectivity index (χ4n) is 2.59. The number of unbranched alkanes of at least 4 members (excludes halogenated alkanes) is 1. The number of hydrogen-bond donors (Lipinski definition) is 0. The molecule has 0 spiro atoms. The van der Waals surface area contributed by atoms with Crippen LogP contribution in [0.25, 0.3) is 0 Å². The molecule has 2 aromatic rings. The van der Waals surface area contributed by atoms with E-state index < -0.39 is 0 Å². The standard InChI is InChI=1S/C19H24/c1-17(16-19-14-6-3-7-15-19)10-8-9-13-18-11-4-2-5-12-18/h2-7,11-12,14-15,17H,8-10,13,16H2,1H3/t17-/m0/s1. The second-order valence-electron chi connectivity index (χ2n) is 5.53. The van der Waals surface area contributed by atoms with Crippen LogP contribution in [0.4, 0.5) is 0 Å². The molecule has 0 radical (unpaired) electrons. The first-order chi connectivity index (χ1) is 9.34. The minimum Gasteiger partial charge on any atom is -0.0622 e. The van der Waals surface area contributed by atoms with Crippen molar-refractivity contribution in [1.29, 1.82) is 0 Å². The van der Waals surface area contributed by atoms with Crippen molar-refractivity contribution in [2.24, 2.45) is 5.92 Å². The van der Waals surface area contributed by atoms with E-state index >= 15 is 0 Å². The van der Waals surface area contributed by atoms with Crippen molar-refractivity contribution in [3.05, 3.63) is 71.8 Å². The lowest BCUT2D eigenvalue weighted by atomic mass is 9.95. The van der Waals surface area contributed by atoms with Gasteiger partial charge in [-0.3, -0.25) is 0 Å². The summed E-state index contributed by atoms with van der Waals surface area (Å²) < 4.78 is 0. The summed E-state index contributed by atoms with van der Waals surface area (Å²) >= 11 is 0. The zero-order chi connectivity index (χ0) is 13.3. The van der Waals surface area contributed by atoms with Gasteiger partial charge < -0.3 is 0 Å². The Morgan fingerprint density at radius 3 is 1.95 bits per heavy atom. The van der Waals surface area contributed by atoms with Gasteiger partial charge >= 0.3 is 0 Å². The van der Waals surface area contributed by atoms with E-state index in [1.165, 1.54) is 43.2 Å². The maximum absolute atomic E-state index is 2.37. The minimum absolute atomic E-state index is 0.790. The highest BCUT2D eigenvalue weighted by Gasteiger charge is 2.03. The first-order valence-corrected chi connectivity index (χ1v) is 7.42. The van der Waals surface area contributed by atoms with Gasteiger partial charge in [-0.05, 0) is 36.3 Å². The van der Waals surface area contributed by atoms with E-state index in [1.807, 2.05) is 0 Å². The van der Waals surface area contributed by atoms with Gasteiger partial charge in [0.15, 0.2) is 0 Å². The number of benzene rings is 2. The molecule has 100 valence electrons. The second-order valence-corrected chi connectivity index (χ2v) is 5.53. The van der Waals surface area contributed by atoms with Gasteiger partial charge in [0.05, 0.1) is 0 Å². The smallest absolute Gasteiger partial charge is 0.0253 e. The largest absolute Gasteiger partial charge is 0.0622 e. The highest BCUT2D eigenvalue weighted by atomic mass is 14.1. The number of hydrogen-bond acceptors (Lipinski definition) is 0. The zero-order valence-electron chi connectivity index (χ0n) is 11.9. The van der Waals surface area contributed by atoms with Crippen molar-refractivity contribution in [1.82, 2.24) is 0 Å². The predicted octanol–water partition coefficient (Wildman–Crippen LogP) is 5.28. The zero-order valence-corrected chi connectivity index (χ0v) is 11.9. The quantitative estimate of drug-likeness (QED) is 0.588. The summed E-state index contributed by atoms with van der Waals surface area (Å²) in [5.74, 6) is 0.790. The summed E-state index contributed by atoms with van der Waals surface area (Å²) in [6, 6.07) is 21.6. The molecule has 0 unspecified atom stereocenters. The van der Waals surface area contributed by atoms with Crippen LogP contribution in [0.3, 0.4) is 0 Å². The van der Waals surface area contributed by atoms with Crippen molar-refractivity contribution >= 4 is 0 Å². The molecule has 1 atom stereocenters. The molecule has 0 aliphatic carbocycles. The summed E-state index contributed by atoms with van der Waals surface area (Å²) in [6.45, 7) is 2.37. The van der Waals surface area contributed by atoms with Crippen molar-refractivity contribution in [3.8, 4) is 0 Å². The third-order valence-corrected chi connectivity index (χ3v) is 3.68. The highest BCUT2D eigenvalue weighted by molar-refractivity contribution is 5.15. The molecule has 19 heavy (non-hydrogen) atoms. The minimum atomic E-state index is 0.790. The third kappa shape index (κ3) is 5.30. The molecule has 0 fully saturated rings. The van der Waals surface area contributed by atoms with Gasteiger partial charge in [-0.1, -0.05) is 80.4 Å². The van der Waals surface area contributed by atoms with Crippen LogP contribution in [0.15, 0.2) is 60.7 Å². The molecule has 0 amide bonds. The Hall–Kier alpha value is -1.56.